The van der Waals surface area contributed by atoms with Crippen molar-refractivity contribution in [1.82, 2.24) is 19.7 Å². The maximum atomic E-state index is 10.9. The quantitative estimate of drug-likeness (QED) is 0.769. The number of primary amides is 1. The summed E-state index contributed by atoms with van der Waals surface area (Å²) < 4.78 is 1.60. The Morgan fingerprint density at radius 2 is 2.35 bits per heavy atom. The maximum Gasteiger partial charge on any atom is 0.239 e. The molecular weight excluding hydrogens is 220 g/mol. The number of hydrogen-bond acceptors (Lipinski definition) is 5. The largest absolute Gasteiger partial charge is 0.368 e. The van der Waals surface area contributed by atoms with Crippen LogP contribution in [0.1, 0.15) is 6.92 Å². The zero-order valence-corrected chi connectivity index (χ0v) is 9.24. The number of nitrogens with zero attached hydrogens (tertiary/aromatic N) is 4. The van der Waals surface area contributed by atoms with Crippen molar-refractivity contribution in [3.05, 3.63) is 30.9 Å². The molecule has 1 atom stereocenters. The SMILES string of the molecule is C[C@@H](Nc1cc(-n2cccn2)ncn1)C(N)=O. The van der Waals surface area contributed by atoms with Gasteiger partial charge in [0, 0.05) is 18.5 Å². The van der Waals surface area contributed by atoms with Gasteiger partial charge in [-0.3, -0.25) is 4.79 Å². The second-order valence-electron chi connectivity index (χ2n) is 3.48. The van der Waals surface area contributed by atoms with E-state index in [1.807, 2.05) is 0 Å². The molecule has 2 aromatic heterocycles. The summed E-state index contributed by atoms with van der Waals surface area (Å²) >= 11 is 0. The molecule has 1 amide bonds. The van der Waals surface area contributed by atoms with Gasteiger partial charge in [0.15, 0.2) is 5.82 Å². The number of carbonyl (C=O) groups excluding carboxylic acids is 1. The lowest BCUT2D eigenvalue weighted by molar-refractivity contribution is -0.118. The average Bonchev–Trinajstić information content (AvgIpc) is 2.82. The zero-order chi connectivity index (χ0) is 12.3. The van der Waals surface area contributed by atoms with E-state index in [0.717, 1.165) is 0 Å². The number of amides is 1. The van der Waals surface area contributed by atoms with Crippen molar-refractivity contribution in [3.8, 4) is 5.82 Å². The van der Waals surface area contributed by atoms with Gasteiger partial charge in [-0.1, -0.05) is 0 Å². The van der Waals surface area contributed by atoms with Crippen LogP contribution in [-0.4, -0.2) is 31.7 Å². The number of anilines is 1. The molecule has 0 aromatic carbocycles. The van der Waals surface area contributed by atoms with E-state index < -0.39 is 11.9 Å². The highest BCUT2D eigenvalue weighted by Crippen LogP contribution is 2.08. The van der Waals surface area contributed by atoms with Gasteiger partial charge in [0.25, 0.3) is 0 Å². The fraction of sp³-hybridized carbons (Fsp3) is 0.200. The summed E-state index contributed by atoms with van der Waals surface area (Å²) in [6.07, 6.45) is 4.82. The van der Waals surface area contributed by atoms with Crippen molar-refractivity contribution in [2.45, 2.75) is 13.0 Å². The van der Waals surface area contributed by atoms with Gasteiger partial charge in [-0.05, 0) is 13.0 Å². The number of nitrogens with one attached hydrogen (secondary N) is 1. The molecule has 88 valence electrons. The number of carbonyl (C=O) groups is 1. The first-order valence-corrected chi connectivity index (χ1v) is 5.05. The summed E-state index contributed by atoms with van der Waals surface area (Å²) in [5, 5.41) is 6.93. The van der Waals surface area contributed by atoms with Crippen molar-refractivity contribution in [3.63, 3.8) is 0 Å². The molecule has 0 aliphatic heterocycles. The van der Waals surface area contributed by atoms with Gasteiger partial charge < -0.3 is 11.1 Å². The Bertz CT molecular complexity index is 509. The van der Waals surface area contributed by atoms with Crippen molar-refractivity contribution >= 4 is 11.7 Å². The van der Waals surface area contributed by atoms with Gasteiger partial charge in [0.2, 0.25) is 5.91 Å². The molecule has 0 saturated heterocycles. The lowest BCUT2D eigenvalue weighted by Gasteiger charge is -2.10. The Morgan fingerprint density at radius 3 is 3.00 bits per heavy atom. The normalized spacial score (nSPS) is 12.1. The molecule has 2 aromatic rings. The van der Waals surface area contributed by atoms with Gasteiger partial charge in [-0.25, -0.2) is 14.6 Å². The summed E-state index contributed by atoms with van der Waals surface area (Å²) in [6, 6.07) is 2.99. The van der Waals surface area contributed by atoms with E-state index in [1.54, 1.807) is 36.1 Å². The summed E-state index contributed by atoms with van der Waals surface area (Å²) in [4.78, 5) is 19.0. The molecule has 0 aliphatic rings. The number of rotatable bonds is 4. The Hall–Kier alpha value is -2.44. The molecule has 0 fully saturated rings. The summed E-state index contributed by atoms with van der Waals surface area (Å²) in [7, 11) is 0. The highest BCUT2D eigenvalue weighted by atomic mass is 16.1. The van der Waals surface area contributed by atoms with Gasteiger partial charge in [-0.2, -0.15) is 5.10 Å². The lowest BCUT2D eigenvalue weighted by Crippen LogP contribution is -2.32. The van der Waals surface area contributed by atoms with Crippen LogP contribution in [0.2, 0.25) is 0 Å². The van der Waals surface area contributed by atoms with E-state index in [1.165, 1.54) is 6.33 Å². The third kappa shape index (κ3) is 2.57. The number of aromatic nitrogens is 4. The molecule has 17 heavy (non-hydrogen) atoms. The topological polar surface area (TPSA) is 98.7 Å². The first kappa shape index (κ1) is 11.1. The molecule has 7 heteroatoms. The molecule has 0 aliphatic carbocycles. The highest BCUT2D eigenvalue weighted by Gasteiger charge is 2.09. The van der Waals surface area contributed by atoms with E-state index in [-0.39, 0.29) is 0 Å². The van der Waals surface area contributed by atoms with Crippen LogP contribution in [0.3, 0.4) is 0 Å². The van der Waals surface area contributed by atoms with Crippen LogP contribution in [0.25, 0.3) is 5.82 Å². The van der Waals surface area contributed by atoms with E-state index in [2.05, 4.69) is 20.4 Å². The molecular formula is C10H12N6O. The van der Waals surface area contributed by atoms with Crippen LogP contribution in [0.15, 0.2) is 30.9 Å². The van der Waals surface area contributed by atoms with Gasteiger partial charge in [-0.15, -0.1) is 0 Å². The molecule has 2 rings (SSSR count). The van der Waals surface area contributed by atoms with Gasteiger partial charge in [0.1, 0.15) is 18.2 Å². The maximum absolute atomic E-state index is 10.9. The molecule has 2 heterocycles. The smallest absolute Gasteiger partial charge is 0.239 e. The molecule has 0 radical (unpaired) electrons. The lowest BCUT2D eigenvalue weighted by atomic mass is 10.3. The van der Waals surface area contributed by atoms with E-state index >= 15 is 0 Å². The molecule has 0 bridgehead atoms. The minimum Gasteiger partial charge on any atom is -0.368 e. The van der Waals surface area contributed by atoms with Gasteiger partial charge in [0.05, 0.1) is 0 Å². The van der Waals surface area contributed by atoms with Crippen LogP contribution < -0.4 is 11.1 Å². The fourth-order valence-corrected chi connectivity index (χ4v) is 1.25. The second kappa shape index (κ2) is 4.60. The number of hydrogen-bond donors (Lipinski definition) is 2. The summed E-state index contributed by atoms with van der Waals surface area (Å²) in [6.45, 7) is 1.66. The average molecular weight is 232 g/mol. The van der Waals surface area contributed by atoms with Crippen LogP contribution in [-0.2, 0) is 4.79 Å². The third-order valence-corrected chi connectivity index (χ3v) is 2.18. The first-order chi connectivity index (χ1) is 8.16. The zero-order valence-electron chi connectivity index (χ0n) is 9.24. The van der Waals surface area contributed by atoms with Crippen molar-refractivity contribution in [2.24, 2.45) is 5.73 Å². The minimum absolute atomic E-state index is 0.441. The first-order valence-electron chi connectivity index (χ1n) is 5.05. The van der Waals surface area contributed by atoms with E-state index in [9.17, 15) is 4.79 Å². The van der Waals surface area contributed by atoms with Crippen molar-refractivity contribution in [2.75, 3.05) is 5.32 Å². The van der Waals surface area contributed by atoms with Crippen LogP contribution in [0, 0.1) is 0 Å². The molecule has 7 nitrogen and oxygen atoms in total. The standard InChI is InChI=1S/C10H12N6O/c1-7(10(11)17)15-8-5-9(13-6-12-8)16-4-2-3-14-16/h2-7H,1H3,(H2,11,17)(H,12,13,15)/t7-/m1/s1. The Labute approximate surface area is 97.7 Å². The molecule has 0 saturated carbocycles. The predicted molar refractivity (Wildman–Crippen MR) is 61.4 cm³/mol. The Kier molecular flexibility index (Phi) is 2.99. The molecule has 0 unspecified atom stereocenters. The Morgan fingerprint density at radius 1 is 1.53 bits per heavy atom. The summed E-state index contributed by atoms with van der Waals surface area (Å²) in [5.74, 6) is 0.699. The molecule has 3 N–H and O–H groups in total. The predicted octanol–water partition coefficient (Wildman–Crippen LogP) is -0.0520. The Balaban J connectivity index is 2.20. The molecule has 0 spiro atoms. The summed E-state index contributed by atoms with van der Waals surface area (Å²) in [5.41, 5.74) is 5.15. The van der Waals surface area contributed by atoms with Crippen LogP contribution >= 0.6 is 0 Å². The third-order valence-electron chi connectivity index (χ3n) is 2.18. The monoisotopic (exact) mass is 232 g/mol. The van der Waals surface area contributed by atoms with Crippen LogP contribution in [0.5, 0.6) is 0 Å². The number of nitrogens with two attached hydrogens (primary N) is 1. The van der Waals surface area contributed by atoms with Crippen molar-refractivity contribution in [1.29, 1.82) is 0 Å². The van der Waals surface area contributed by atoms with E-state index in [4.69, 9.17) is 5.73 Å². The highest BCUT2D eigenvalue weighted by molar-refractivity contribution is 5.82. The van der Waals surface area contributed by atoms with Crippen LogP contribution in [0.4, 0.5) is 5.82 Å². The van der Waals surface area contributed by atoms with Crippen molar-refractivity contribution < 1.29 is 4.79 Å². The van der Waals surface area contributed by atoms with Gasteiger partial charge >= 0.3 is 0 Å². The fourth-order valence-electron chi connectivity index (χ4n) is 1.25. The second-order valence-corrected chi connectivity index (χ2v) is 3.48. The van der Waals surface area contributed by atoms with E-state index in [0.29, 0.717) is 11.6 Å². The minimum atomic E-state index is -0.490.